The summed E-state index contributed by atoms with van der Waals surface area (Å²) >= 11 is 17.8. The summed E-state index contributed by atoms with van der Waals surface area (Å²) in [7, 11) is 0. The van der Waals surface area contributed by atoms with Crippen molar-refractivity contribution in [2.45, 2.75) is 0 Å². The molecule has 1 saturated heterocycles. The van der Waals surface area contributed by atoms with Crippen molar-refractivity contribution >= 4 is 52.5 Å². The zero-order chi connectivity index (χ0) is 17.8. The van der Waals surface area contributed by atoms with E-state index in [1.165, 1.54) is 0 Å². The molecule has 1 heterocycles. The summed E-state index contributed by atoms with van der Waals surface area (Å²) in [5.41, 5.74) is 1.98. The molecule has 0 radical (unpaired) electrons. The summed E-state index contributed by atoms with van der Waals surface area (Å²) in [6.45, 7) is 2.97. The van der Waals surface area contributed by atoms with Gasteiger partial charge in [-0.15, -0.1) is 0 Å². The molecule has 0 N–H and O–H groups in total. The SMILES string of the molecule is O=C(/C=C\c1ccc(Cl)c(Cl)c1)N1CCN(c2ccc(Cl)cc2)CC1. The van der Waals surface area contributed by atoms with Crippen LogP contribution in [0.5, 0.6) is 0 Å². The maximum absolute atomic E-state index is 12.4. The molecule has 130 valence electrons. The van der Waals surface area contributed by atoms with E-state index in [-0.39, 0.29) is 5.91 Å². The maximum atomic E-state index is 12.4. The third-order valence-corrected chi connectivity index (χ3v) is 5.14. The van der Waals surface area contributed by atoms with Gasteiger partial charge in [0.15, 0.2) is 0 Å². The molecule has 0 atom stereocenters. The van der Waals surface area contributed by atoms with Crippen LogP contribution in [0.3, 0.4) is 0 Å². The molecule has 1 aliphatic rings. The number of carbonyl (C=O) groups excluding carboxylic acids is 1. The molecule has 25 heavy (non-hydrogen) atoms. The Morgan fingerprint density at radius 3 is 2.20 bits per heavy atom. The van der Waals surface area contributed by atoms with Crippen LogP contribution in [0, 0.1) is 0 Å². The third kappa shape index (κ3) is 4.69. The number of rotatable bonds is 3. The van der Waals surface area contributed by atoms with Gasteiger partial charge < -0.3 is 9.80 Å². The topological polar surface area (TPSA) is 23.6 Å². The van der Waals surface area contributed by atoms with Gasteiger partial charge in [-0.05, 0) is 48.0 Å². The molecule has 0 bridgehead atoms. The van der Waals surface area contributed by atoms with Crippen molar-refractivity contribution in [3.63, 3.8) is 0 Å². The summed E-state index contributed by atoms with van der Waals surface area (Å²) in [5.74, 6) is 0.00169. The van der Waals surface area contributed by atoms with E-state index in [2.05, 4.69) is 4.90 Å². The maximum Gasteiger partial charge on any atom is 0.246 e. The zero-order valence-corrected chi connectivity index (χ0v) is 15.7. The van der Waals surface area contributed by atoms with Crippen molar-refractivity contribution in [1.29, 1.82) is 0 Å². The van der Waals surface area contributed by atoms with Crippen molar-refractivity contribution < 1.29 is 4.79 Å². The average Bonchev–Trinajstić information content (AvgIpc) is 2.63. The van der Waals surface area contributed by atoms with Gasteiger partial charge in [0.1, 0.15) is 0 Å². The van der Waals surface area contributed by atoms with E-state index in [1.54, 1.807) is 24.3 Å². The fourth-order valence-electron chi connectivity index (χ4n) is 2.73. The summed E-state index contributed by atoms with van der Waals surface area (Å²) in [4.78, 5) is 16.5. The lowest BCUT2D eigenvalue weighted by Gasteiger charge is -2.35. The van der Waals surface area contributed by atoms with Crippen molar-refractivity contribution in [2.75, 3.05) is 31.1 Å². The molecule has 1 aliphatic heterocycles. The minimum absolute atomic E-state index is 0.00169. The standard InChI is InChI=1S/C19H17Cl3N2O/c20-15-3-5-16(6-4-15)23-9-11-24(12-10-23)19(25)8-2-14-1-7-17(21)18(22)13-14/h1-8,13H,9-12H2/b8-2-. The lowest BCUT2D eigenvalue weighted by Crippen LogP contribution is -2.48. The quantitative estimate of drug-likeness (QED) is 0.682. The van der Waals surface area contributed by atoms with Crippen molar-refractivity contribution in [1.82, 2.24) is 4.90 Å². The molecule has 0 aromatic heterocycles. The first-order valence-electron chi connectivity index (χ1n) is 7.95. The molecule has 0 spiro atoms. The highest BCUT2D eigenvalue weighted by Gasteiger charge is 2.19. The molecule has 0 saturated carbocycles. The van der Waals surface area contributed by atoms with Crippen LogP contribution in [0.15, 0.2) is 48.5 Å². The van der Waals surface area contributed by atoms with Gasteiger partial charge in [-0.25, -0.2) is 0 Å². The van der Waals surface area contributed by atoms with Gasteiger partial charge >= 0.3 is 0 Å². The molecule has 2 aromatic rings. The second kappa shape index (κ2) is 8.13. The molecule has 6 heteroatoms. The van der Waals surface area contributed by atoms with Crippen LogP contribution in [0.4, 0.5) is 5.69 Å². The predicted molar refractivity (Wildman–Crippen MR) is 106 cm³/mol. The van der Waals surface area contributed by atoms with Crippen molar-refractivity contribution in [3.05, 3.63) is 69.2 Å². The first-order valence-corrected chi connectivity index (χ1v) is 9.09. The van der Waals surface area contributed by atoms with E-state index in [1.807, 2.05) is 35.2 Å². The Labute approximate surface area is 162 Å². The summed E-state index contributed by atoms with van der Waals surface area (Å²) in [6.07, 6.45) is 3.34. The lowest BCUT2D eigenvalue weighted by atomic mass is 10.2. The molecule has 2 aromatic carbocycles. The Hall–Kier alpha value is -1.68. The summed E-state index contributed by atoms with van der Waals surface area (Å²) < 4.78 is 0. The minimum Gasteiger partial charge on any atom is -0.368 e. The number of anilines is 1. The van der Waals surface area contributed by atoms with E-state index in [0.29, 0.717) is 23.1 Å². The fraction of sp³-hybridized carbons (Fsp3) is 0.211. The number of piperazine rings is 1. The van der Waals surface area contributed by atoms with E-state index in [0.717, 1.165) is 29.4 Å². The molecule has 0 aliphatic carbocycles. The van der Waals surface area contributed by atoms with Crippen molar-refractivity contribution in [2.24, 2.45) is 0 Å². The van der Waals surface area contributed by atoms with Crippen LogP contribution in [0.1, 0.15) is 5.56 Å². The van der Waals surface area contributed by atoms with Gasteiger partial charge in [0, 0.05) is 43.0 Å². The second-order valence-corrected chi connectivity index (χ2v) is 7.05. The highest BCUT2D eigenvalue weighted by molar-refractivity contribution is 6.42. The normalized spacial score (nSPS) is 15.0. The number of halogens is 3. The minimum atomic E-state index is 0.00169. The van der Waals surface area contributed by atoms with Gasteiger partial charge in [0.2, 0.25) is 5.91 Å². The zero-order valence-electron chi connectivity index (χ0n) is 13.5. The van der Waals surface area contributed by atoms with Crippen LogP contribution in [-0.4, -0.2) is 37.0 Å². The number of nitrogens with zero attached hydrogens (tertiary/aromatic N) is 2. The Morgan fingerprint density at radius 1 is 0.880 bits per heavy atom. The van der Waals surface area contributed by atoms with Crippen LogP contribution in [0.2, 0.25) is 15.1 Å². The number of carbonyl (C=O) groups is 1. The Kier molecular flexibility index (Phi) is 5.89. The van der Waals surface area contributed by atoms with Crippen LogP contribution < -0.4 is 4.90 Å². The van der Waals surface area contributed by atoms with Crippen molar-refractivity contribution in [3.8, 4) is 0 Å². The van der Waals surface area contributed by atoms with Gasteiger partial charge in [-0.1, -0.05) is 40.9 Å². The van der Waals surface area contributed by atoms with Crippen LogP contribution in [-0.2, 0) is 4.79 Å². The Bertz CT molecular complexity index is 782. The summed E-state index contributed by atoms with van der Waals surface area (Å²) in [6, 6.07) is 13.1. The first kappa shape index (κ1) is 18.1. The largest absolute Gasteiger partial charge is 0.368 e. The lowest BCUT2D eigenvalue weighted by molar-refractivity contribution is -0.126. The Morgan fingerprint density at radius 2 is 1.56 bits per heavy atom. The molecular weight excluding hydrogens is 379 g/mol. The molecule has 1 fully saturated rings. The first-order chi connectivity index (χ1) is 12.0. The highest BCUT2D eigenvalue weighted by atomic mass is 35.5. The average molecular weight is 396 g/mol. The number of hydrogen-bond acceptors (Lipinski definition) is 2. The number of benzene rings is 2. The second-order valence-electron chi connectivity index (χ2n) is 5.80. The van der Waals surface area contributed by atoms with Gasteiger partial charge in [-0.2, -0.15) is 0 Å². The smallest absolute Gasteiger partial charge is 0.246 e. The van der Waals surface area contributed by atoms with Crippen LogP contribution in [0.25, 0.3) is 6.08 Å². The van der Waals surface area contributed by atoms with E-state index < -0.39 is 0 Å². The molecule has 0 unspecified atom stereocenters. The van der Waals surface area contributed by atoms with Gasteiger partial charge in [0.25, 0.3) is 0 Å². The van der Waals surface area contributed by atoms with E-state index in [9.17, 15) is 4.79 Å². The van der Waals surface area contributed by atoms with Gasteiger partial charge in [-0.3, -0.25) is 4.79 Å². The third-order valence-electron chi connectivity index (χ3n) is 4.15. The molecular formula is C19H17Cl3N2O. The molecule has 3 nitrogen and oxygen atoms in total. The highest BCUT2D eigenvalue weighted by Crippen LogP contribution is 2.23. The Balaban J connectivity index is 1.56. The summed E-state index contributed by atoms with van der Waals surface area (Å²) in [5, 5.41) is 1.71. The monoisotopic (exact) mass is 394 g/mol. The van der Waals surface area contributed by atoms with E-state index in [4.69, 9.17) is 34.8 Å². The van der Waals surface area contributed by atoms with Crippen LogP contribution >= 0.6 is 34.8 Å². The van der Waals surface area contributed by atoms with Gasteiger partial charge in [0.05, 0.1) is 10.0 Å². The van der Waals surface area contributed by atoms with E-state index >= 15 is 0 Å². The molecule has 3 rings (SSSR count). The number of amides is 1. The predicted octanol–water partition coefficient (Wildman–Crippen LogP) is 5.01. The molecule has 1 amide bonds. The number of hydrogen-bond donors (Lipinski definition) is 0. The fourth-order valence-corrected chi connectivity index (χ4v) is 3.16.